The summed E-state index contributed by atoms with van der Waals surface area (Å²) in [7, 11) is 0. The van der Waals surface area contributed by atoms with Crippen LogP contribution < -0.4 is 11.3 Å². The highest BCUT2D eigenvalue weighted by Gasteiger charge is 2.30. The first-order valence-electron chi connectivity index (χ1n) is 15.3. The number of primary amides is 1. The van der Waals surface area contributed by atoms with E-state index in [2.05, 4.69) is 0 Å². The Hall–Kier alpha value is -4.32. The fraction of sp³-hybridized carbons (Fsp3) is 0.485. The van der Waals surface area contributed by atoms with E-state index in [-0.39, 0.29) is 36.2 Å². The smallest absolute Gasteiger partial charge is 0.302 e. The predicted molar refractivity (Wildman–Crippen MR) is 168 cm³/mol. The van der Waals surface area contributed by atoms with Crippen molar-refractivity contribution < 1.29 is 33.4 Å². The third kappa shape index (κ3) is 7.67. The van der Waals surface area contributed by atoms with Crippen molar-refractivity contribution in [1.29, 1.82) is 0 Å². The zero-order valence-electron chi connectivity index (χ0n) is 26.9. The molecule has 0 saturated heterocycles. The zero-order valence-corrected chi connectivity index (χ0v) is 26.9. The monoisotopic (exact) mass is 626 g/mol. The third-order valence-corrected chi connectivity index (χ3v) is 7.74. The van der Waals surface area contributed by atoms with Crippen molar-refractivity contribution in [2.45, 2.75) is 80.4 Å². The number of nitrogens with two attached hydrogens (primary N) is 1. The van der Waals surface area contributed by atoms with Crippen LogP contribution in [0, 0.1) is 12.7 Å². The maximum atomic E-state index is 14.5. The lowest BCUT2D eigenvalue weighted by Gasteiger charge is -2.21. The second-order valence-electron chi connectivity index (χ2n) is 10.5. The van der Waals surface area contributed by atoms with E-state index in [0.717, 1.165) is 41.3 Å². The lowest BCUT2D eigenvalue weighted by molar-refractivity contribution is -0.142. The maximum Gasteiger partial charge on any atom is 0.302 e. The average molecular weight is 627 g/mol. The van der Waals surface area contributed by atoms with Gasteiger partial charge in [-0.25, -0.2) is 9.37 Å². The molecule has 3 heterocycles. The van der Waals surface area contributed by atoms with Gasteiger partial charge in [-0.2, -0.15) is 0 Å². The van der Waals surface area contributed by atoms with Gasteiger partial charge in [0.05, 0.1) is 42.2 Å². The SMILES string of the molecule is CC.CC(=O)OCc1c(O)cc2n(c1=O)Cc1c-2nc2cc(F)c(C)c3c2c1CCC3.CCOCCN(CC(N)=O)C(=O)CC. The van der Waals surface area contributed by atoms with Gasteiger partial charge in [0.25, 0.3) is 5.56 Å². The average Bonchev–Trinajstić information content (AvgIpc) is 3.38. The summed E-state index contributed by atoms with van der Waals surface area (Å²) in [5, 5.41) is 11.4. The van der Waals surface area contributed by atoms with Gasteiger partial charge in [-0.05, 0) is 49.8 Å². The van der Waals surface area contributed by atoms with Gasteiger partial charge >= 0.3 is 5.97 Å². The molecule has 1 aromatic carbocycles. The van der Waals surface area contributed by atoms with Crippen LogP contribution in [0.5, 0.6) is 5.75 Å². The van der Waals surface area contributed by atoms with Gasteiger partial charge in [0.1, 0.15) is 18.2 Å². The Labute approximate surface area is 262 Å². The minimum Gasteiger partial charge on any atom is -0.507 e. The number of hydrogen-bond donors (Lipinski definition) is 2. The summed E-state index contributed by atoms with van der Waals surface area (Å²) >= 11 is 0. The fourth-order valence-corrected chi connectivity index (χ4v) is 5.63. The number of esters is 1. The second-order valence-corrected chi connectivity index (χ2v) is 10.5. The molecule has 11 nitrogen and oxygen atoms in total. The number of nitrogens with zero attached hydrogens (tertiary/aromatic N) is 3. The molecule has 5 rings (SSSR count). The number of amides is 2. The third-order valence-electron chi connectivity index (χ3n) is 7.74. The van der Waals surface area contributed by atoms with Gasteiger partial charge in [0.15, 0.2) is 0 Å². The number of pyridine rings is 2. The van der Waals surface area contributed by atoms with Crippen molar-refractivity contribution in [3.8, 4) is 17.1 Å². The van der Waals surface area contributed by atoms with Crippen LogP contribution in [0.3, 0.4) is 0 Å². The molecule has 3 aromatic rings. The van der Waals surface area contributed by atoms with Crippen LogP contribution in [-0.4, -0.2) is 63.6 Å². The molecule has 1 aliphatic heterocycles. The summed E-state index contributed by atoms with van der Waals surface area (Å²) in [6.45, 7) is 12.2. The number of halogens is 1. The normalized spacial score (nSPS) is 12.2. The van der Waals surface area contributed by atoms with E-state index < -0.39 is 17.4 Å². The van der Waals surface area contributed by atoms with Crippen molar-refractivity contribution in [3.05, 3.63) is 56.1 Å². The number of carbonyl (C=O) groups excluding carboxylic acids is 3. The molecule has 2 amide bonds. The Morgan fingerprint density at radius 1 is 1.13 bits per heavy atom. The molecule has 244 valence electrons. The molecule has 0 unspecified atom stereocenters. The van der Waals surface area contributed by atoms with Crippen LogP contribution in [-0.2, 0) is 49.9 Å². The highest BCUT2D eigenvalue weighted by Crippen LogP contribution is 2.41. The Morgan fingerprint density at radius 3 is 2.44 bits per heavy atom. The number of benzene rings is 1. The highest BCUT2D eigenvalue weighted by atomic mass is 19.1. The topological polar surface area (TPSA) is 154 Å². The number of rotatable bonds is 9. The van der Waals surface area contributed by atoms with Crippen molar-refractivity contribution in [2.24, 2.45) is 5.73 Å². The molecule has 0 fully saturated rings. The summed E-state index contributed by atoms with van der Waals surface area (Å²) in [5.74, 6) is -1.61. The van der Waals surface area contributed by atoms with Gasteiger partial charge in [-0.15, -0.1) is 0 Å². The first kappa shape index (κ1) is 35.2. The Kier molecular flexibility index (Phi) is 12.2. The highest BCUT2D eigenvalue weighted by molar-refractivity contribution is 5.92. The van der Waals surface area contributed by atoms with Crippen molar-refractivity contribution in [1.82, 2.24) is 14.5 Å². The summed E-state index contributed by atoms with van der Waals surface area (Å²) < 4.78 is 26.0. The Balaban J connectivity index is 0.000000294. The van der Waals surface area contributed by atoms with Gasteiger partial charge in [-0.1, -0.05) is 20.8 Å². The first-order valence-corrected chi connectivity index (χ1v) is 15.3. The van der Waals surface area contributed by atoms with Crippen LogP contribution in [0.25, 0.3) is 22.3 Å². The number of hydrogen-bond acceptors (Lipinski definition) is 8. The molecule has 0 radical (unpaired) electrons. The lowest BCUT2D eigenvalue weighted by atomic mass is 9.85. The van der Waals surface area contributed by atoms with Gasteiger partial charge < -0.3 is 29.8 Å². The number of carbonyl (C=O) groups is 3. The van der Waals surface area contributed by atoms with Crippen molar-refractivity contribution >= 4 is 28.7 Å². The predicted octanol–water partition coefficient (Wildman–Crippen LogP) is 3.90. The lowest BCUT2D eigenvalue weighted by Crippen LogP contribution is -2.40. The fourth-order valence-electron chi connectivity index (χ4n) is 5.63. The van der Waals surface area contributed by atoms with E-state index in [1.807, 2.05) is 20.8 Å². The molecule has 0 spiro atoms. The van der Waals surface area contributed by atoms with Gasteiger partial charge in [-0.3, -0.25) is 19.2 Å². The zero-order chi connectivity index (χ0) is 33.4. The Morgan fingerprint density at radius 2 is 1.82 bits per heavy atom. The minimum absolute atomic E-state index is 0.0280. The van der Waals surface area contributed by atoms with Crippen LogP contribution in [0.4, 0.5) is 4.39 Å². The molecule has 12 heteroatoms. The van der Waals surface area contributed by atoms with E-state index >= 15 is 0 Å². The van der Waals surface area contributed by atoms with E-state index in [4.69, 9.17) is 20.2 Å². The summed E-state index contributed by atoms with van der Waals surface area (Å²) in [4.78, 5) is 52.1. The molecule has 0 bridgehead atoms. The van der Waals surface area contributed by atoms with Crippen LogP contribution in [0.2, 0.25) is 0 Å². The molecule has 0 saturated carbocycles. The largest absolute Gasteiger partial charge is 0.507 e. The molecule has 1 aliphatic carbocycles. The van der Waals surface area contributed by atoms with Crippen LogP contribution in [0.15, 0.2) is 16.9 Å². The maximum absolute atomic E-state index is 14.5. The standard InChI is InChI=1S/C22H19FN2O4.C9H18N2O3.C2H6/c1-10-12-4-3-5-13-14-8-25-18(21(14)24-17(20(12)13)6-16(10)23)7-19(27)15(22(25)28)9-29-11(2)26;1-3-9(13)11(7-8(10)12)5-6-14-4-2;1-2/h6-7,27H,3-5,8-9H2,1-2H3;3-7H2,1-2H3,(H2,10,12);1-2H3. The van der Waals surface area contributed by atoms with E-state index in [0.29, 0.717) is 55.2 Å². The van der Waals surface area contributed by atoms with E-state index in [1.165, 1.54) is 24.0 Å². The molecular weight excluding hydrogens is 583 g/mol. The Bertz CT molecular complexity index is 1650. The summed E-state index contributed by atoms with van der Waals surface area (Å²) in [5.41, 5.74) is 10.1. The summed E-state index contributed by atoms with van der Waals surface area (Å²) in [6, 6.07) is 2.94. The first-order chi connectivity index (χ1) is 21.5. The number of aryl methyl sites for hydroxylation is 2. The van der Waals surface area contributed by atoms with Gasteiger partial charge in [0, 0.05) is 49.6 Å². The van der Waals surface area contributed by atoms with Crippen LogP contribution in [0.1, 0.15) is 75.3 Å². The van der Waals surface area contributed by atoms with E-state index in [1.54, 1.807) is 18.4 Å². The van der Waals surface area contributed by atoms with Crippen LogP contribution >= 0.6 is 0 Å². The second kappa shape index (κ2) is 15.6. The van der Waals surface area contributed by atoms with Crippen molar-refractivity contribution in [3.63, 3.8) is 0 Å². The quantitative estimate of drug-likeness (QED) is 0.210. The van der Waals surface area contributed by atoms with Gasteiger partial charge in [0.2, 0.25) is 11.8 Å². The van der Waals surface area contributed by atoms with E-state index in [9.17, 15) is 28.7 Å². The van der Waals surface area contributed by atoms with Crippen molar-refractivity contribution in [2.75, 3.05) is 26.3 Å². The number of ether oxygens (including phenoxy) is 2. The molecule has 2 aliphatic rings. The minimum atomic E-state index is -0.528. The number of aromatic hydroxyl groups is 1. The molecule has 2 aromatic heterocycles. The molecule has 3 N–H and O–H groups in total. The summed E-state index contributed by atoms with van der Waals surface area (Å²) in [6.07, 6.45) is 2.94. The molecule has 0 atom stereocenters. The number of aromatic nitrogens is 2. The number of fused-ring (bicyclic) bond motifs is 4. The molecule has 45 heavy (non-hydrogen) atoms. The molecular formula is C33H43FN4O7.